The summed E-state index contributed by atoms with van der Waals surface area (Å²) in [5.74, 6) is 0.0134. The van der Waals surface area contributed by atoms with Crippen LogP contribution in [0.25, 0.3) is 10.8 Å². The minimum absolute atomic E-state index is 0.600. The van der Waals surface area contributed by atoms with Crippen LogP contribution in [-0.2, 0) is 21.7 Å². The summed E-state index contributed by atoms with van der Waals surface area (Å²) in [5.41, 5.74) is 3.98. The predicted octanol–water partition coefficient (Wildman–Crippen LogP) is 4.58. The summed E-state index contributed by atoms with van der Waals surface area (Å²) in [6.45, 7) is 3.15. The lowest BCUT2D eigenvalue weighted by atomic mass is 10.0. The van der Waals surface area contributed by atoms with Crippen LogP contribution in [0.2, 0.25) is 0 Å². The van der Waals surface area contributed by atoms with Crippen molar-refractivity contribution in [2.75, 3.05) is 18.5 Å². The van der Waals surface area contributed by atoms with Crippen molar-refractivity contribution >= 4 is 22.3 Å². The van der Waals surface area contributed by atoms with E-state index in [-0.39, 0.29) is 0 Å². The first-order valence-electron chi connectivity index (χ1n) is 10.00. The minimum atomic E-state index is -0.708. The maximum Gasteiger partial charge on any atom is 0.192 e. The summed E-state index contributed by atoms with van der Waals surface area (Å²) in [4.78, 5) is 4.09. The first-order valence-corrected chi connectivity index (χ1v) is 10.00. The van der Waals surface area contributed by atoms with Crippen LogP contribution in [0.5, 0.6) is 0 Å². The maximum absolute atomic E-state index is 5.79. The largest absolute Gasteiger partial charge is 0.344 e. The molecule has 0 spiro atoms. The van der Waals surface area contributed by atoms with Gasteiger partial charge in [0.25, 0.3) is 0 Å². The van der Waals surface area contributed by atoms with Crippen LogP contribution < -0.4 is 5.32 Å². The van der Waals surface area contributed by atoms with Gasteiger partial charge in [0.05, 0.1) is 18.9 Å². The molecule has 0 amide bonds. The molecule has 1 saturated heterocycles. The zero-order valence-corrected chi connectivity index (χ0v) is 16.7. The van der Waals surface area contributed by atoms with Crippen molar-refractivity contribution in [3.8, 4) is 0 Å². The van der Waals surface area contributed by atoms with Gasteiger partial charge in [-0.2, -0.15) is 5.10 Å². The van der Waals surface area contributed by atoms with Gasteiger partial charge in [-0.25, -0.2) is 0 Å². The Balaban J connectivity index is 1.48. The molecule has 0 radical (unpaired) electrons. The first kappa shape index (κ1) is 18.7. The normalized spacial score (nSPS) is 15.4. The van der Waals surface area contributed by atoms with Crippen LogP contribution in [0, 0.1) is 0 Å². The van der Waals surface area contributed by atoms with Crippen LogP contribution in [-0.4, -0.2) is 28.4 Å². The predicted molar refractivity (Wildman–Crippen MR) is 116 cm³/mol. The number of benzene rings is 2. The number of nitrogens with one attached hydrogen (secondary N) is 1. The van der Waals surface area contributed by atoms with Crippen molar-refractivity contribution < 1.29 is 9.47 Å². The average molecular weight is 398 g/mol. The number of anilines is 2. The molecule has 0 atom stereocenters. The van der Waals surface area contributed by atoms with Gasteiger partial charge in [0.15, 0.2) is 11.6 Å². The van der Waals surface area contributed by atoms with Gasteiger partial charge < -0.3 is 14.8 Å². The van der Waals surface area contributed by atoms with E-state index in [0.29, 0.717) is 19.6 Å². The highest BCUT2D eigenvalue weighted by molar-refractivity contribution is 5.94. The Morgan fingerprint density at radius 3 is 2.47 bits per heavy atom. The molecule has 2 aromatic carbocycles. The lowest BCUT2D eigenvalue weighted by Gasteiger charge is -2.23. The highest BCUT2D eigenvalue weighted by Gasteiger charge is 2.33. The Morgan fingerprint density at radius 2 is 1.67 bits per heavy atom. The molecule has 6 nitrogen and oxygen atoms in total. The van der Waals surface area contributed by atoms with E-state index in [9.17, 15) is 0 Å². The molecule has 0 unspecified atom stereocenters. The molecule has 0 bridgehead atoms. The van der Waals surface area contributed by atoms with Gasteiger partial charge in [0.1, 0.15) is 0 Å². The number of hydrogen-bond donors (Lipinski definition) is 1. The van der Waals surface area contributed by atoms with Gasteiger partial charge in [-0.3, -0.25) is 4.98 Å². The molecular weight excluding hydrogens is 376 g/mol. The fourth-order valence-electron chi connectivity index (χ4n) is 3.77. The topological polar surface area (TPSA) is 69.2 Å². The second-order valence-corrected chi connectivity index (χ2v) is 7.42. The molecule has 5 rings (SSSR count). The highest BCUT2D eigenvalue weighted by atomic mass is 16.7. The van der Waals surface area contributed by atoms with Crippen LogP contribution in [0.1, 0.15) is 23.7 Å². The first-order chi connectivity index (χ1) is 14.7. The fraction of sp³-hybridized carbons (Fsp3) is 0.208. The lowest BCUT2D eigenvalue weighted by Crippen LogP contribution is -2.22. The number of fused-ring (bicyclic) bond motifs is 1. The van der Waals surface area contributed by atoms with Gasteiger partial charge in [0, 0.05) is 40.8 Å². The van der Waals surface area contributed by atoms with Crippen molar-refractivity contribution in [1.82, 2.24) is 15.2 Å². The molecule has 0 aliphatic carbocycles. The van der Waals surface area contributed by atoms with E-state index < -0.39 is 5.79 Å². The molecular formula is C24H22N4O2. The molecule has 2 aromatic heterocycles. The van der Waals surface area contributed by atoms with Crippen LogP contribution in [0.4, 0.5) is 11.5 Å². The van der Waals surface area contributed by atoms with E-state index in [2.05, 4.69) is 32.6 Å². The number of rotatable bonds is 5. The summed E-state index contributed by atoms with van der Waals surface area (Å²) in [7, 11) is 0. The molecule has 1 aliphatic rings. The van der Waals surface area contributed by atoms with Crippen molar-refractivity contribution in [2.45, 2.75) is 19.1 Å². The molecule has 0 saturated carbocycles. The van der Waals surface area contributed by atoms with E-state index >= 15 is 0 Å². The van der Waals surface area contributed by atoms with Gasteiger partial charge in [-0.1, -0.05) is 36.4 Å². The fourth-order valence-corrected chi connectivity index (χ4v) is 3.77. The Morgan fingerprint density at radius 1 is 0.900 bits per heavy atom. The quantitative estimate of drug-likeness (QED) is 0.531. The molecule has 1 N–H and O–H groups in total. The molecule has 30 heavy (non-hydrogen) atoms. The average Bonchev–Trinajstić information content (AvgIpc) is 3.24. The molecule has 4 aromatic rings. The number of ether oxygens (including phenoxy) is 2. The van der Waals surface area contributed by atoms with E-state index in [1.54, 1.807) is 12.4 Å². The van der Waals surface area contributed by atoms with E-state index in [1.165, 1.54) is 0 Å². The van der Waals surface area contributed by atoms with Crippen LogP contribution in [0.15, 0.2) is 73.1 Å². The zero-order chi connectivity index (χ0) is 20.4. The third-order valence-corrected chi connectivity index (χ3v) is 5.37. The summed E-state index contributed by atoms with van der Waals surface area (Å²) >= 11 is 0. The van der Waals surface area contributed by atoms with Crippen LogP contribution in [0.3, 0.4) is 0 Å². The van der Waals surface area contributed by atoms with Gasteiger partial charge in [0.2, 0.25) is 0 Å². The van der Waals surface area contributed by atoms with Gasteiger partial charge in [-0.05, 0) is 36.8 Å². The summed E-state index contributed by atoms with van der Waals surface area (Å²) < 4.78 is 11.6. The van der Waals surface area contributed by atoms with E-state index in [4.69, 9.17) is 9.47 Å². The Bertz CT molecular complexity index is 1170. The Kier molecular flexibility index (Phi) is 4.86. The Labute approximate surface area is 174 Å². The highest BCUT2D eigenvalue weighted by Crippen LogP contribution is 2.33. The second kappa shape index (κ2) is 7.82. The monoisotopic (exact) mass is 398 g/mol. The number of hydrogen-bond acceptors (Lipinski definition) is 6. The van der Waals surface area contributed by atoms with E-state index in [1.807, 2.05) is 55.5 Å². The van der Waals surface area contributed by atoms with Crippen molar-refractivity contribution in [2.24, 2.45) is 0 Å². The summed E-state index contributed by atoms with van der Waals surface area (Å²) in [5, 5.41) is 14.6. The summed E-state index contributed by atoms with van der Waals surface area (Å²) in [6, 6.07) is 20.2. The lowest BCUT2D eigenvalue weighted by molar-refractivity contribution is -0.149. The van der Waals surface area contributed by atoms with E-state index in [0.717, 1.165) is 39.1 Å². The molecule has 6 heteroatoms. The SMILES string of the molecule is CC1(c2cccc(Nc3nnc(Cc4ccncc4)c4ccccc34)c2)OCCO1. The van der Waals surface area contributed by atoms with Crippen LogP contribution >= 0.6 is 0 Å². The van der Waals surface area contributed by atoms with Crippen molar-refractivity contribution in [3.05, 3.63) is 89.9 Å². The van der Waals surface area contributed by atoms with Crippen molar-refractivity contribution in [3.63, 3.8) is 0 Å². The minimum Gasteiger partial charge on any atom is -0.344 e. The summed E-state index contributed by atoms with van der Waals surface area (Å²) in [6.07, 6.45) is 4.30. The third kappa shape index (κ3) is 3.63. The molecule has 1 fully saturated rings. The molecule has 3 heterocycles. The molecule has 150 valence electrons. The van der Waals surface area contributed by atoms with Crippen molar-refractivity contribution in [1.29, 1.82) is 0 Å². The number of nitrogens with zero attached hydrogens (tertiary/aromatic N) is 3. The molecule has 1 aliphatic heterocycles. The second-order valence-electron chi connectivity index (χ2n) is 7.42. The van der Waals surface area contributed by atoms with Gasteiger partial charge in [-0.15, -0.1) is 5.10 Å². The standard InChI is InChI=1S/C24H22N4O2/c1-24(29-13-14-30-24)18-5-4-6-19(16-18)26-23-21-8-3-2-7-20(21)22(27-28-23)15-17-9-11-25-12-10-17/h2-12,16H,13-15H2,1H3,(H,26,28). The zero-order valence-electron chi connectivity index (χ0n) is 16.7. The Hall–Kier alpha value is -3.35. The maximum atomic E-state index is 5.79. The smallest absolute Gasteiger partial charge is 0.192 e. The number of aromatic nitrogens is 3. The van der Waals surface area contributed by atoms with Gasteiger partial charge >= 0.3 is 0 Å². The number of pyridine rings is 1. The third-order valence-electron chi connectivity index (χ3n) is 5.37.